The lowest BCUT2D eigenvalue weighted by atomic mass is 10.0. The van der Waals surface area contributed by atoms with Gasteiger partial charge in [-0.2, -0.15) is 0 Å². The zero-order valence-electron chi connectivity index (χ0n) is 10.8. The number of nitrogens with two attached hydrogens (primary N) is 1. The van der Waals surface area contributed by atoms with E-state index in [2.05, 4.69) is 5.16 Å². The number of carbonyl (C=O) groups excluding carboxylic acids is 1. The highest BCUT2D eigenvalue weighted by Gasteiger charge is 2.27. The highest BCUT2D eigenvalue weighted by Crippen LogP contribution is 2.25. The van der Waals surface area contributed by atoms with Crippen molar-refractivity contribution in [1.82, 2.24) is 4.90 Å². The van der Waals surface area contributed by atoms with Crippen LogP contribution in [0.15, 0.2) is 22.7 Å². The van der Waals surface area contributed by atoms with Crippen molar-refractivity contribution in [2.45, 2.75) is 26.3 Å². The van der Waals surface area contributed by atoms with Gasteiger partial charge in [0.2, 0.25) is 5.91 Å². The first-order chi connectivity index (χ1) is 8.52. The Hall–Kier alpha value is -1.56. The number of nitrogens with zero attached hydrogens (tertiary/aromatic N) is 2. The van der Waals surface area contributed by atoms with Crippen molar-refractivity contribution in [2.75, 3.05) is 7.05 Å². The van der Waals surface area contributed by atoms with E-state index in [4.69, 9.17) is 10.9 Å². The molecule has 18 heavy (non-hydrogen) atoms. The molecule has 0 aliphatic rings. The van der Waals surface area contributed by atoms with E-state index in [1.807, 2.05) is 31.4 Å². The summed E-state index contributed by atoms with van der Waals surface area (Å²) >= 11 is 1.61. The normalized spacial score (nSPS) is 15.2. The Bertz CT molecular complexity index is 417. The number of hydrogen-bond acceptors (Lipinski definition) is 4. The second-order valence-electron chi connectivity index (χ2n) is 4.13. The van der Waals surface area contributed by atoms with E-state index in [1.165, 1.54) is 0 Å². The van der Waals surface area contributed by atoms with Gasteiger partial charge < -0.3 is 15.8 Å². The summed E-state index contributed by atoms with van der Waals surface area (Å²) in [4.78, 5) is 15.0. The van der Waals surface area contributed by atoms with Crippen LogP contribution in [-0.2, 0) is 4.79 Å². The molecule has 0 radical (unpaired) electrons. The predicted octanol–water partition coefficient (Wildman–Crippen LogP) is 2.04. The van der Waals surface area contributed by atoms with Gasteiger partial charge in [-0.25, -0.2) is 0 Å². The van der Waals surface area contributed by atoms with E-state index in [1.54, 1.807) is 23.3 Å². The number of thiophene rings is 1. The van der Waals surface area contributed by atoms with E-state index in [0.29, 0.717) is 6.42 Å². The molecule has 0 aliphatic heterocycles. The van der Waals surface area contributed by atoms with Gasteiger partial charge in [0.1, 0.15) is 0 Å². The van der Waals surface area contributed by atoms with Crippen LogP contribution in [0, 0.1) is 5.92 Å². The summed E-state index contributed by atoms with van der Waals surface area (Å²) in [6, 6.07) is 3.93. The molecule has 1 aromatic heterocycles. The smallest absolute Gasteiger partial charge is 0.233 e. The first-order valence-corrected chi connectivity index (χ1v) is 6.68. The molecule has 3 N–H and O–H groups in total. The van der Waals surface area contributed by atoms with Gasteiger partial charge in [0, 0.05) is 11.9 Å². The molecule has 1 aromatic rings. The van der Waals surface area contributed by atoms with Crippen LogP contribution in [0.25, 0.3) is 0 Å². The fourth-order valence-electron chi connectivity index (χ4n) is 1.74. The third kappa shape index (κ3) is 3.01. The second kappa shape index (κ2) is 6.39. The molecular formula is C12H19N3O2S. The van der Waals surface area contributed by atoms with Crippen LogP contribution in [0.4, 0.5) is 0 Å². The van der Waals surface area contributed by atoms with Crippen molar-refractivity contribution in [2.24, 2.45) is 16.8 Å². The van der Waals surface area contributed by atoms with Gasteiger partial charge in [0.25, 0.3) is 0 Å². The Balaban J connectivity index is 2.83. The summed E-state index contributed by atoms with van der Waals surface area (Å²) < 4.78 is 0. The van der Waals surface area contributed by atoms with Gasteiger partial charge in [0.15, 0.2) is 5.84 Å². The molecule has 6 heteroatoms. The van der Waals surface area contributed by atoms with E-state index >= 15 is 0 Å². The summed E-state index contributed by atoms with van der Waals surface area (Å²) in [5, 5.41) is 13.6. The molecular weight excluding hydrogens is 250 g/mol. The average molecular weight is 269 g/mol. The van der Waals surface area contributed by atoms with Crippen LogP contribution in [0.1, 0.15) is 31.2 Å². The van der Waals surface area contributed by atoms with Crippen LogP contribution in [0.5, 0.6) is 0 Å². The molecule has 0 aromatic carbocycles. The molecule has 0 saturated carbocycles. The maximum Gasteiger partial charge on any atom is 0.233 e. The minimum absolute atomic E-state index is 0.0157. The standard InChI is InChI=1S/C12H19N3O2S/c1-4-9(11(13)14-17)12(16)15(3)8(2)10-6-5-7-18-10/h5-9,17H,4H2,1-3H3,(H2,13,14). The summed E-state index contributed by atoms with van der Waals surface area (Å²) in [6.07, 6.45) is 0.510. The van der Waals surface area contributed by atoms with E-state index < -0.39 is 5.92 Å². The Labute approximate surface area is 111 Å². The summed E-state index contributed by atoms with van der Waals surface area (Å²) in [7, 11) is 1.74. The largest absolute Gasteiger partial charge is 0.409 e. The van der Waals surface area contributed by atoms with E-state index in [-0.39, 0.29) is 17.8 Å². The molecule has 0 fully saturated rings. The number of rotatable bonds is 5. The summed E-state index contributed by atoms with van der Waals surface area (Å²) in [6.45, 7) is 3.80. The van der Waals surface area contributed by atoms with Gasteiger partial charge in [-0.1, -0.05) is 18.1 Å². The van der Waals surface area contributed by atoms with Gasteiger partial charge in [-0.3, -0.25) is 4.79 Å². The van der Waals surface area contributed by atoms with Gasteiger partial charge in [-0.15, -0.1) is 11.3 Å². The van der Waals surface area contributed by atoms with Crippen molar-refractivity contribution in [1.29, 1.82) is 0 Å². The summed E-state index contributed by atoms with van der Waals surface area (Å²) in [5.41, 5.74) is 5.54. The van der Waals surface area contributed by atoms with Crippen LogP contribution in [0.3, 0.4) is 0 Å². The Kier molecular flexibility index (Phi) is 5.15. The highest BCUT2D eigenvalue weighted by atomic mass is 32.1. The molecule has 1 heterocycles. The number of oxime groups is 1. The maximum absolute atomic E-state index is 12.3. The zero-order chi connectivity index (χ0) is 13.7. The molecule has 5 nitrogen and oxygen atoms in total. The lowest BCUT2D eigenvalue weighted by molar-refractivity contribution is -0.134. The van der Waals surface area contributed by atoms with Crippen LogP contribution < -0.4 is 5.73 Å². The third-order valence-corrected chi connectivity index (χ3v) is 4.10. The van der Waals surface area contributed by atoms with Crippen molar-refractivity contribution in [3.05, 3.63) is 22.4 Å². The van der Waals surface area contributed by atoms with E-state index in [0.717, 1.165) is 4.88 Å². The minimum Gasteiger partial charge on any atom is -0.409 e. The first kappa shape index (κ1) is 14.5. The molecule has 0 bridgehead atoms. The number of hydrogen-bond donors (Lipinski definition) is 2. The third-order valence-electron chi connectivity index (χ3n) is 3.06. The molecule has 0 aliphatic carbocycles. The van der Waals surface area contributed by atoms with Gasteiger partial charge in [0.05, 0.1) is 12.0 Å². The van der Waals surface area contributed by atoms with Crippen molar-refractivity contribution >= 4 is 23.1 Å². The van der Waals surface area contributed by atoms with Crippen LogP contribution in [-0.4, -0.2) is 28.9 Å². The fraction of sp³-hybridized carbons (Fsp3) is 0.500. The Morgan fingerprint density at radius 2 is 2.33 bits per heavy atom. The van der Waals surface area contributed by atoms with Crippen molar-refractivity contribution < 1.29 is 10.0 Å². The maximum atomic E-state index is 12.3. The van der Waals surface area contributed by atoms with Crippen molar-refractivity contribution in [3.63, 3.8) is 0 Å². The summed E-state index contributed by atoms with van der Waals surface area (Å²) in [5.74, 6) is -0.733. The number of carbonyl (C=O) groups is 1. The van der Waals surface area contributed by atoms with Crippen LogP contribution >= 0.6 is 11.3 Å². The number of amidine groups is 1. The average Bonchev–Trinajstić information content (AvgIpc) is 2.91. The minimum atomic E-state index is -0.567. The molecule has 0 saturated heterocycles. The Morgan fingerprint density at radius 3 is 2.78 bits per heavy atom. The molecule has 1 rings (SSSR count). The quantitative estimate of drug-likeness (QED) is 0.371. The molecule has 2 atom stereocenters. The molecule has 1 amide bonds. The number of amides is 1. The first-order valence-electron chi connectivity index (χ1n) is 5.80. The topological polar surface area (TPSA) is 78.9 Å². The lowest BCUT2D eigenvalue weighted by Gasteiger charge is -2.27. The lowest BCUT2D eigenvalue weighted by Crippen LogP contribution is -2.40. The fourth-order valence-corrected chi connectivity index (χ4v) is 2.56. The second-order valence-corrected chi connectivity index (χ2v) is 5.11. The van der Waals surface area contributed by atoms with E-state index in [9.17, 15) is 4.79 Å². The van der Waals surface area contributed by atoms with Gasteiger partial charge in [-0.05, 0) is 24.8 Å². The van der Waals surface area contributed by atoms with Gasteiger partial charge >= 0.3 is 0 Å². The van der Waals surface area contributed by atoms with Crippen LogP contribution in [0.2, 0.25) is 0 Å². The molecule has 100 valence electrons. The predicted molar refractivity (Wildman–Crippen MR) is 72.7 cm³/mol. The molecule has 2 unspecified atom stereocenters. The Morgan fingerprint density at radius 1 is 1.67 bits per heavy atom. The zero-order valence-corrected chi connectivity index (χ0v) is 11.6. The monoisotopic (exact) mass is 269 g/mol. The highest BCUT2D eigenvalue weighted by molar-refractivity contribution is 7.10. The molecule has 0 spiro atoms. The van der Waals surface area contributed by atoms with Crippen molar-refractivity contribution in [3.8, 4) is 0 Å². The SMILES string of the molecule is CCC(C(=O)N(C)C(C)c1cccs1)C(N)=NO.